The molecule has 2 aromatic rings. The smallest absolute Gasteiger partial charge is 0.230 e. The predicted molar refractivity (Wildman–Crippen MR) is 106 cm³/mol. The fourth-order valence-corrected chi connectivity index (χ4v) is 3.52. The molecule has 0 saturated carbocycles. The van der Waals surface area contributed by atoms with Gasteiger partial charge < -0.3 is 9.74 Å². The molecule has 5 nitrogen and oxygen atoms in total. The van der Waals surface area contributed by atoms with E-state index in [1.165, 1.54) is 4.90 Å². The number of benzene rings is 1. The minimum absolute atomic E-state index is 0.744. The van der Waals surface area contributed by atoms with Crippen LogP contribution in [0.4, 0.5) is 11.6 Å². The van der Waals surface area contributed by atoms with E-state index in [1.54, 1.807) is 18.9 Å². The average molecular weight is 359 g/mol. The molecule has 0 amide bonds. The summed E-state index contributed by atoms with van der Waals surface area (Å²) in [5.41, 5.74) is 4.99. The number of hydrogen-bond donors (Lipinski definition) is 0. The molecule has 0 N–H and O–H groups in total. The van der Waals surface area contributed by atoms with Crippen molar-refractivity contribution in [2.45, 2.75) is 39.5 Å². The van der Waals surface area contributed by atoms with E-state index < -0.39 is 0 Å². The molecule has 2 rings (SSSR count). The fraction of sp³-hybridized carbons (Fsp3) is 0.421. The van der Waals surface area contributed by atoms with Gasteiger partial charge in [0.05, 0.1) is 11.4 Å². The first kappa shape index (κ1) is 19.2. The Morgan fingerprint density at radius 3 is 2.40 bits per heavy atom. The number of anilines is 2. The number of nitrogens with zero attached hydrogens (tertiary/aromatic N) is 4. The molecule has 1 aromatic heterocycles. The van der Waals surface area contributed by atoms with Gasteiger partial charge in [-0.25, -0.2) is 9.97 Å². The maximum absolute atomic E-state index is 4.90. The molecule has 0 aliphatic heterocycles. The Bertz CT molecular complexity index is 741. The second kappa shape index (κ2) is 8.85. The maximum Gasteiger partial charge on any atom is 0.230 e. The molecule has 1 heterocycles. The zero-order valence-corrected chi connectivity index (χ0v) is 16.6. The molecule has 0 fully saturated rings. The van der Waals surface area contributed by atoms with E-state index in [-0.39, 0.29) is 0 Å². The average Bonchev–Trinajstić information content (AvgIpc) is 2.56. The first-order valence-electron chi connectivity index (χ1n) is 8.44. The van der Waals surface area contributed by atoms with Crippen LogP contribution in [0, 0.1) is 13.8 Å². The van der Waals surface area contributed by atoms with Crippen LogP contribution >= 0.6 is 11.8 Å². The summed E-state index contributed by atoms with van der Waals surface area (Å²) in [6, 6.07) is 8.34. The predicted octanol–water partition coefficient (Wildman–Crippen LogP) is 4.73. The summed E-state index contributed by atoms with van der Waals surface area (Å²) in [4.78, 5) is 17.5. The van der Waals surface area contributed by atoms with Crippen LogP contribution < -0.4 is 4.90 Å². The number of thioether (sulfide) groups is 1. The van der Waals surface area contributed by atoms with Crippen molar-refractivity contribution in [2.24, 2.45) is 5.16 Å². The molecular formula is C19H26N4OS. The van der Waals surface area contributed by atoms with Crippen LogP contribution in [0.2, 0.25) is 0 Å². The van der Waals surface area contributed by atoms with Gasteiger partial charge in [0.15, 0.2) is 0 Å². The third kappa shape index (κ3) is 4.72. The van der Waals surface area contributed by atoms with Gasteiger partial charge in [0.1, 0.15) is 7.11 Å². The lowest BCUT2D eigenvalue weighted by Crippen LogP contribution is -2.20. The van der Waals surface area contributed by atoms with Crippen LogP contribution in [0.15, 0.2) is 34.3 Å². The molecule has 0 spiro atoms. The normalized spacial score (nSPS) is 11.5. The van der Waals surface area contributed by atoms with Gasteiger partial charge in [-0.1, -0.05) is 18.1 Å². The lowest BCUT2D eigenvalue weighted by Gasteiger charge is -2.24. The van der Waals surface area contributed by atoms with Crippen LogP contribution in [0.5, 0.6) is 0 Å². The van der Waals surface area contributed by atoms with E-state index in [9.17, 15) is 0 Å². The maximum atomic E-state index is 4.90. The van der Waals surface area contributed by atoms with Crippen molar-refractivity contribution in [3.05, 3.63) is 41.2 Å². The van der Waals surface area contributed by atoms with Gasteiger partial charge in [-0.3, -0.25) is 0 Å². The third-order valence-electron chi connectivity index (χ3n) is 3.72. The molecule has 0 radical (unpaired) electrons. The molecule has 1 aromatic carbocycles. The highest BCUT2D eigenvalue weighted by Gasteiger charge is 2.16. The lowest BCUT2D eigenvalue weighted by molar-refractivity contribution is 0.213. The van der Waals surface area contributed by atoms with Crippen LogP contribution in [0.1, 0.15) is 37.7 Å². The van der Waals surface area contributed by atoms with E-state index in [0.717, 1.165) is 46.6 Å². The Hall–Kier alpha value is -2.08. The minimum atomic E-state index is 0.744. The largest absolute Gasteiger partial charge is 0.399 e. The number of aromatic nitrogens is 2. The zero-order valence-electron chi connectivity index (χ0n) is 15.8. The van der Waals surface area contributed by atoms with Crippen LogP contribution in [0.25, 0.3) is 0 Å². The van der Waals surface area contributed by atoms with E-state index in [4.69, 9.17) is 4.84 Å². The summed E-state index contributed by atoms with van der Waals surface area (Å²) in [5.74, 6) is 1.73. The monoisotopic (exact) mass is 358 g/mol. The zero-order chi connectivity index (χ0) is 18.4. The van der Waals surface area contributed by atoms with Crippen molar-refractivity contribution in [2.75, 3.05) is 24.3 Å². The van der Waals surface area contributed by atoms with E-state index >= 15 is 0 Å². The number of aryl methyl sites for hydroxylation is 2. The standard InChI is InChI=1S/C19H26N4OS/c1-7-23(19-20-13(3)11-14(4)21-19)17-10-9-16(15(5)22-24-6)12-18(17)25-8-2/h9-12H,7-8H2,1-6H3/b22-15+. The van der Waals surface area contributed by atoms with E-state index in [2.05, 4.69) is 52.1 Å². The van der Waals surface area contributed by atoms with Crippen molar-refractivity contribution in [1.82, 2.24) is 9.97 Å². The Morgan fingerprint density at radius 1 is 1.16 bits per heavy atom. The number of rotatable bonds is 7. The highest BCUT2D eigenvalue weighted by Crippen LogP contribution is 2.34. The van der Waals surface area contributed by atoms with Gasteiger partial charge in [-0.15, -0.1) is 11.8 Å². The van der Waals surface area contributed by atoms with Crippen molar-refractivity contribution >= 4 is 29.1 Å². The van der Waals surface area contributed by atoms with Gasteiger partial charge in [0.25, 0.3) is 0 Å². The first-order valence-corrected chi connectivity index (χ1v) is 9.43. The van der Waals surface area contributed by atoms with Crippen LogP contribution in [0.3, 0.4) is 0 Å². The molecule has 6 heteroatoms. The molecule has 0 aliphatic carbocycles. The van der Waals surface area contributed by atoms with Gasteiger partial charge in [-0.2, -0.15) is 0 Å². The summed E-state index contributed by atoms with van der Waals surface area (Å²) in [7, 11) is 1.57. The Labute approximate surface area is 154 Å². The Balaban J connectivity index is 2.52. The highest BCUT2D eigenvalue weighted by atomic mass is 32.2. The molecule has 25 heavy (non-hydrogen) atoms. The van der Waals surface area contributed by atoms with Gasteiger partial charge in [-0.05, 0) is 51.6 Å². The topological polar surface area (TPSA) is 50.6 Å². The van der Waals surface area contributed by atoms with Gasteiger partial charge >= 0.3 is 0 Å². The molecule has 0 bridgehead atoms. The summed E-state index contributed by atoms with van der Waals surface area (Å²) >= 11 is 1.81. The summed E-state index contributed by atoms with van der Waals surface area (Å²) in [5, 5.41) is 4.04. The minimum Gasteiger partial charge on any atom is -0.399 e. The molecular weight excluding hydrogens is 332 g/mol. The second-order valence-corrected chi connectivity index (χ2v) is 6.98. The van der Waals surface area contributed by atoms with Gasteiger partial charge in [0.2, 0.25) is 5.95 Å². The van der Waals surface area contributed by atoms with Crippen molar-refractivity contribution in [3.8, 4) is 0 Å². The molecule has 0 unspecified atom stereocenters. The highest BCUT2D eigenvalue weighted by molar-refractivity contribution is 7.99. The second-order valence-electron chi connectivity index (χ2n) is 5.67. The lowest BCUT2D eigenvalue weighted by atomic mass is 10.1. The fourth-order valence-electron chi connectivity index (χ4n) is 2.67. The number of hydrogen-bond acceptors (Lipinski definition) is 6. The Morgan fingerprint density at radius 2 is 1.84 bits per heavy atom. The van der Waals surface area contributed by atoms with Crippen molar-refractivity contribution in [1.29, 1.82) is 0 Å². The summed E-state index contributed by atoms with van der Waals surface area (Å²) in [6.45, 7) is 11.0. The quantitative estimate of drug-likeness (QED) is 0.407. The molecule has 0 aliphatic rings. The van der Waals surface area contributed by atoms with Crippen LogP contribution in [-0.2, 0) is 4.84 Å². The van der Waals surface area contributed by atoms with E-state index in [0.29, 0.717) is 0 Å². The molecule has 134 valence electrons. The van der Waals surface area contributed by atoms with Crippen LogP contribution in [-0.4, -0.2) is 35.1 Å². The Kier molecular flexibility index (Phi) is 6.82. The van der Waals surface area contributed by atoms with Crippen molar-refractivity contribution in [3.63, 3.8) is 0 Å². The first-order chi connectivity index (χ1) is 12.0. The van der Waals surface area contributed by atoms with E-state index in [1.807, 2.05) is 26.8 Å². The molecule has 0 atom stereocenters. The molecule has 0 saturated heterocycles. The SMILES string of the molecule is CCSc1cc(/C(C)=N/OC)ccc1N(CC)c1nc(C)cc(C)n1. The third-order valence-corrected chi connectivity index (χ3v) is 4.65. The summed E-state index contributed by atoms with van der Waals surface area (Å²) in [6.07, 6.45) is 0. The summed E-state index contributed by atoms with van der Waals surface area (Å²) < 4.78 is 0. The van der Waals surface area contributed by atoms with Crippen molar-refractivity contribution < 1.29 is 4.84 Å². The van der Waals surface area contributed by atoms with Gasteiger partial charge in [0, 0.05) is 28.4 Å². The number of oxime groups is 1.